The second-order valence-electron chi connectivity index (χ2n) is 6.36. The van der Waals surface area contributed by atoms with Gasteiger partial charge in [-0.15, -0.1) is 24.0 Å². The summed E-state index contributed by atoms with van der Waals surface area (Å²) >= 11 is 0. The molecule has 0 aliphatic carbocycles. The summed E-state index contributed by atoms with van der Waals surface area (Å²) in [5, 5.41) is 6.25. The smallest absolute Gasteiger partial charge is 0.251 e. The number of aliphatic imine (C=N–C) groups is 1. The highest BCUT2D eigenvalue weighted by Crippen LogP contribution is 2.14. The minimum atomic E-state index is -0.101. The molecule has 1 aromatic rings. The summed E-state index contributed by atoms with van der Waals surface area (Å²) in [6, 6.07) is 7.07. The van der Waals surface area contributed by atoms with Crippen LogP contribution in [-0.2, 0) is 4.74 Å². The van der Waals surface area contributed by atoms with Gasteiger partial charge in [-0.05, 0) is 51.0 Å². The normalized spacial score (nSPS) is 15.0. The molecule has 7 nitrogen and oxygen atoms in total. The fraction of sp³-hybridized carbons (Fsp3) is 0.600. The van der Waals surface area contributed by atoms with Crippen LogP contribution < -0.4 is 15.4 Å². The standard InChI is InChI=1S/C20H32N4O3.HI/c1-4-21-20(24-14-10-18(11-15-24)27-5-2)23-13-12-22-19(25)16-6-8-17(26-3)9-7-16;/h6-9,18H,4-5,10-15H2,1-3H3,(H,21,23)(H,22,25);1H. The predicted molar refractivity (Wildman–Crippen MR) is 123 cm³/mol. The first-order valence-electron chi connectivity index (χ1n) is 9.75. The van der Waals surface area contributed by atoms with Crippen molar-refractivity contribution in [1.29, 1.82) is 0 Å². The molecule has 1 fully saturated rings. The van der Waals surface area contributed by atoms with Crippen LogP contribution in [0, 0.1) is 0 Å². The van der Waals surface area contributed by atoms with E-state index < -0.39 is 0 Å². The molecule has 0 atom stereocenters. The summed E-state index contributed by atoms with van der Waals surface area (Å²) in [5.74, 6) is 1.54. The molecule has 0 saturated carbocycles. The molecule has 1 aromatic carbocycles. The molecule has 8 heteroatoms. The molecule has 0 spiro atoms. The van der Waals surface area contributed by atoms with Gasteiger partial charge >= 0.3 is 0 Å². The minimum absolute atomic E-state index is 0. The number of hydrogen-bond acceptors (Lipinski definition) is 4. The second-order valence-corrected chi connectivity index (χ2v) is 6.36. The number of carbonyl (C=O) groups excluding carboxylic acids is 1. The third-order valence-corrected chi connectivity index (χ3v) is 4.49. The van der Waals surface area contributed by atoms with Gasteiger partial charge in [0.15, 0.2) is 5.96 Å². The number of halogens is 1. The zero-order valence-corrected chi connectivity index (χ0v) is 19.4. The van der Waals surface area contributed by atoms with Gasteiger partial charge in [-0.25, -0.2) is 0 Å². The highest BCUT2D eigenvalue weighted by molar-refractivity contribution is 14.0. The molecule has 1 amide bonds. The molecule has 1 saturated heterocycles. The number of carbonyl (C=O) groups is 1. The predicted octanol–water partition coefficient (Wildman–Crippen LogP) is 2.51. The number of amides is 1. The summed E-state index contributed by atoms with van der Waals surface area (Å²) in [4.78, 5) is 19.1. The van der Waals surface area contributed by atoms with Gasteiger partial charge in [0.2, 0.25) is 0 Å². The van der Waals surface area contributed by atoms with E-state index in [1.807, 2.05) is 6.92 Å². The number of benzene rings is 1. The number of nitrogens with one attached hydrogen (secondary N) is 2. The van der Waals surface area contributed by atoms with Crippen LogP contribution >= 0.6 is 24.0 Å². The maximum absolute atomic E-state index is 12.2. The van der Waals surface area contributed by atoms with Crippen molar-refractivity contribution in [3.63, 3.8) is 0 Å². The van der Waals surface area contributed by atoms with Gasteiger partial charge in [0.25, 0.3) is 5.91 Å². The molecule has 0 bridgehead atoms. The summed E-state index contributed by atoms with van der Waals surface area (Å²) in [5.41, 5.74) is 0.615. The molecule has 2 rings (SSSR count). The third kappa shape index (κ3) is 7.83. The third-order valence-electron chi connectivity index (χ3n) is 4.49. The van der Waals surface area contributed by atoms with Crippen LogP contribution in [0.25, 0.3) is 0 Å². The topological polar surface area (TPSA) is 75.2 Å². The number of piperidine rings is 1. The monoisotopic (exact) mass is 504 g/mol. The first-order chi connectivity index (χ1) is 13.2. The highest BCUT2D eigenvalue weighted by Gasteiger charge is 2.21. The maximum Gasteiger partial charge on any atom is 0.251 e. The number of hydrogen-bond donors (Lipinski definition) is 2. The van der Waals surface area contributed by atoms with Gasteiger partial charge in [0.05, 0.1) is 19.8 Å². The van der Waals surface area contributed by atoms with Crippen molar-refractivity contribution in [1.82, 2.24) is 15.5 Å². The number of guanidine groups is 1. The van der Waals surface area contributed by atoms with Crippen LogP contribution in [-0.4, -0.2) is 69.3 Å². The average molecular weight is 504 g/mol. The van der Waals surface area contributed by atoms with Gasteiger partial charge in [0, 0.05) is 38.3 Å². The molecule has 158 valence electrons. The van der Waals surface area contributed by atoms with Crippen LogP contribution in [0.4, 0.5) is 0 Å². The highest BCUT2D eigenvalue weighted by atomic mass is 127. The zero-order chi connectivity index (χ0) is 19.5. The average Bonchev–Trinajstić information content (AvgIpc) is 2.71. The number of methoxy groups -OCH3 is 1. The Hall–Kier alpha value is -1.55. The number of rotatable bonds is 8. The first kappa shape index (κ1) is 24.5. The Labute approximate surface area is 185 Å². The maximum atomic E-state index is 12.2. The lowest BCUT2D eigenvalue weighted by Gasteiger charge is -2.34. The van der Waals surface area contributed by atoms with E-state index in [-0.39, 0.29) is 29.9 Å². The Morgan fingerprint density at radius 3 is 2.43 bits per heavy atom. The fourth-order valence-electron chi connectivity index (χ4n) is 3.07. The molecule has 0 aromatic heterocycles. The molecule has 0 unspecified atom stereocenters. The van der Waals surface area contributed by atoms with E-state index in [1.165, 1.54) is 0 Å². The Balaban J connectivity index is 0.00000392. The van der Waals surface area contributed by atoms with E-state index in [1.54, 1.807) is 31.4 Å². The lowest BCUT2D eigenvalue weighted by molar-refractivity contribution is 0.0264. The Kier molecular flexibility index (Phi) is 11.9. The van der Waals surface area contributed by atoms with Crippen LogP contribution in [0.5, 0.6) is 5.75 Å². The van der Waals surface area contributed by atoms with Crippen LogP contribution in [0.1, 0.15) is 37.0 Å². The van der Waals surface area contributed by atoms with Crippen molar-refractivity contribution < 1.29 is 14.3 Å². The Morgan fingerprint density at radius 1 is 1.18 bits per heavy atom. The van der Waals surface area contributed by atoms with Gasteiger partial charge < -0.3 is 25.0 Å². The number of ether oxygens (including phenoxy) is 2. The quantitative estimate of drug-likeness (QED) is 0.246. The van der Waals surface area contributed by atoms with Crippen molar-refractivity contribution in [2.75, 3.05) is 46.4 Å². The van der Waals surface area contributed by atoms with Crippen LogP contribution in [0.15, 0.2) is 29.3 Å². The molecule has 1 aliphatic heterocycles. The molecule has 28 heavy (non-hydrogen) atoms. The lowest BCUT2D eigenvalue weighted by atomic mass is 10.1. The van der Waals surface area contributed by atoms with E-state index in [4.69, 9.17) is 9.47 Å². The fourth-order valence-corrected chi connectivity index (χ4v) is 3.07. The van der Waals surface area contributed by atoms with Gasteiger partial charge in [-0.1, -0.05) is 0 Å². The molecule has 2 N–H and O–H groups in total. The SMILES string of the molecule is CCNC(=NCCNC(=O)c1ccc(OC)cc1)N1CCC(OCC)CC1.I. The van der Waals surface area contributed by atoms with Crippen molar-refractivity contribution in [2.24, 2.45) is 4.99 Å². The van der Waals surface area contributed by atoms with E-state index in [0.717, 1.165) is 50.8 Å². The molecule has 1 aliphatic rings. The first-order valence-corrected chi connectivity index (χ1v) is 9.75. The number of nitrogens with zero attached hydrogens (tertiary/aromatic N) is 2. The van der Waals surface area contributed by atoms with Gasteiger partial charge in [0.1, 0.15) is 5.75 Å². The van der Waals surface area contributed by atoms with E-state index in [9.17, 15) is 4.79 Å². The van der Waals surface area contributed by atoms with E-state index in [0.29, 0.717) is 24.8 Å². The van der Waals surface area contributed by atoms with Crippen LogP contribution in [0.2, 0.25) is 0 Å². The summed E-state index contributed by atoms with van der Waals surface area (Å²) in [7, 11) is 1.61. The van der Waals surface area contributed by atoms with Gasteiger partial charge in [-0.3, -0.25) is 9.79 Å². The van der Waals surface area contributed by atoms with Crippen LogP contribution in [0.3, 0.4) is 0 Å². The molecular weight excluding hydrogens is 471 g/mol. The zero-order valence-electron chi connectivity index (χ0n) is 17.1. The Morgan fingerprint density at radius 2 is 1.86 bits per heavy atom. The van der Waals surface area contributed by atoms with Crippen molar-refractivity contribution in [3.05, 3.63) is 29.8 Å². The van der Waals surface area contributed by atoms with E-state index >= 15 is 0 Å². The van der Waals surface area contributed by atoms with E-state index in [2.05, 4.69) is 27.4 Å². The number of likely N-dealkylation sites (tertiary alicyclic amines) is 1. The lowest BCUT2D eigenvalue weighted by Crippen LogP contribution is -2.47. The van der Waals surface area contributed by atoms with Crippen molar-refractivity contribution in [3.8, 4) is 5.75 Å². The molecule has 0 radical (unpaired) electrons. The van der Waals surface area contributed by atoms with Crippen molar-refractivity contribution >= 4 is 35.8 Å². The van der Waals surface area contributed by atoms with Gasteiger partial charge in [-0.2, -0.15) is 0 Å². The van der Waals surface area contributed by atoms with Crippen molar-refractivity contribution in [2.45, 2.75) is 32.8 Å². The largest absolute Gasteiger partial charge is 0.497 e. The second kappa shape index (κ2) is 13.6. The summed E-state index contributed by atoms with van der Waals surface area (Å²) in [6.07, 6.45) is 2.40. The molecule has 1 heterocycles. The summed E-state index contributed by atoms with van der Waals surface area (Å²) in [6.45, 7) is 8.61. The Bertz CT molecular complexity index is 602. The summed E-state index contributed by atoms with van der Waals surface area (Å²) < 4.78 is 10.8. The molecular formula is C20H33IN4O3. The minimum Gasteiger partial charge on any atom is -0.497 e.